The quantitative estimate of drug-likeness (QED) is 0.416. The number of hydrogen-bond acceptors (Lipinski definition) is 3. The van der Waals surface area contributed by atoms with Gasteiger partial charge in [0.25, 0.3) is 0 Å². The molecule has 2 rings (SSSR count). The third-order valence-electron chi connectivity index (χ3n) is 3.07. The first-order valence-corrected chi connectivity index (χ1v) is 8.09. The summed E-state index contributed by atoms with van der Waals surface area (Å²) in [6.45, 7) is 7.93. The van der Waals surface area contributed by atoms with Gasteiger partial charge in [0, 0.05) is 11.4 Å². The largest absolute Gasteiger partial charge is 0.357 e. The summed E-state index contributed by atoms with van der Waals surface area (Å²) in [5, 5.41) is 7.55. The summed E-state index contributed by atoms with van der Waals surface area (Å²) in [6, 6.07) is 6.51. The van der Waals surface area contributed by atoms with Crippen molar-refractivity contribution in [2.24, 2.45) is 4.99 Å². The van der Waals surface area contributed by atoms with Gasteiger partial charge in [0.2, 0.25) is 0 Å². The van der Waals surface area contributed by atoms with Crippen LogP contribution in [0.15, 0.2) is 29.3 Å². The van der Waals surface area contributed by atoms with E-state index in [9.17, 15) is 4.39 Å². The summed E-state index contributed by atoms with van der Waals surface area (Å²) < 4.78 is 13.2. The standard InChI is InChI=1S/C16H21FN4S.HI/c1-4-18-16(19-9-13-6-5-7-14(17)8-13)20-10-15-11(2)21-12(3)22-15;/h5-8H,4,9-10H2,1-3H3,(H2,18,19,20);1H. The Morgan fingerprint density at radius 2 is 2.09 bits per heavy atom. The minimum absolute atomic E-state index is 0. The molecule has 126 valence electrons. The van der Waals surface area contributed by atoms with Crippen LogP contribution in [0.25, 0.3) is 0 Å². The predicted octanol–water partition coefficient (Wildman–Crippen LogP) is 3.77. The van der Waals surface area contributed by atoms with Crippen molar-refractivity contribution < 1.29 is 4.39 Å². The Morgan fingerprint density at radius 3 is 2.70 bits per heavy atom. The van der Waals surface area contributed by atoms with E-state index in [4.69, 9.17) is 0 Å². The normalized spacial score (nSPS) is 11.0. The maximum absolute atomic E-state index is 13.2. The number of rotatable bonds is 5. The number of nitrogens with one attached hydrogen (secondary N) is 2. The second-order valence-corrected chi connectivity index (χ2v) is 6.21. The van der Waals surface area contributed by atoms with Crippen molar-refractivity contribution >= 4 is 41.3 Å². The van der Waals surface area contributed by atoms with Crippen LogP contribution in [0.2, 0.25) is 0 Å². The predicted molar refractivity (Wildman–Crippen MR) is 105 cm³/mol. The molecule has 1 aromatic carbocycles. The number of aliphatic imine (C=N–C) groups is 1. The lowest BCUT2D eigenvalue weighted by molar-refractivity contribution is 0.625. The molecule has 2 aromatic rings. The van der Waals surface area contributed by atoms with E-state index >= 15 is 0 Å². The van der Waals surface area contributed by atoms with E-state index in [1.54, 1.807) is 17.4 Å². The fourth-order valence-electron chi connectivity index (χ4n) is 2.05. The molecule has 0 unspecified atom stereocenters. The van der Waals surface area contributed by atoms with Gasteiger partial charge in [-0.15, -0.1) is 35.3 Å². The number of hydrogen-bond donors (Lipinski definition) is 2. The van der Waals surface area contributed by atoms with Gasteiger partial charge in [-0.25, -0.2) is 14.4 Å². The van der Waals surface area contributed by atoms with Crippen LogP contribution in [-0.2, 0) is 13.1 Å². The molecular weight excluding hydrogens is 426 g/mol. The first kappa shape index (κ1) is 19.8. The molecule has 0 bridgehead atoms. The van der Waals surface area contributed by atoms with Gasteiger partial charge >= 0.3 is 0 Å². The fraction of sp³-hybridized carbons (Fsp3) is 0.375. The van der Waals surface area contributed by atoms with Crippen molar-refractivity contribution in [2.75, 3.05) is 6.54 Å². The maximum Gasteiger partial charge on any atom is 0.191 e. The van der Waals surface area contributed by atoms with Crippen LogP contribution >= 0.6 is 35.3 Å². The molecule has 1 heterocycles. The third-order valence-corrected chi connectivity index (χ3v) is 4.14. The molecule has 0 atom stereocenters. The zero-order valence-corrected chi connectivity index (χ0v) is 16.7. The monoisotopic (exact) mass is 448 g/mol. The molecule has 0 spiro atoms. The van der Waals surface area contributed by atoms with Gasteiger partial charge in [0.15, 0.2) is 5.96 Å². The Labute approximate surface area is 157 Å². The molecule has 7 heteroatoms. The van der Waals surface area contributed by atoms with Crippen LogP contribution in [0.3, 0.4) is 0 Å². The van der Waals surface area contributed by atoms with E-state index in [1.807, 2.05) is 26.8 Å². The average molecular weight is 448 g/mol. The van der Waals surface area contributed by atoms with E-state index in [0.29, 0.717) is 13.1 Å². The molecule has 1 aromatic heterocycles. The second kappa shape index (κ2) is 9.82. The van der Waals surface area contributed by atoms with E-state index in [1.165, 1.54) is 17.0 Å². The highest BCUT2D eigenvalue weighted by atomic mass is 127. The van der Waals surface area contributed by atoms with Gasteiger partial charge in [-0.1, -0.05) is 12.1 Å². The number of aryl methyl sites for hydroxylation is 2. The molecule has 0 radical (unpaired) electrons. The van der Waals surface area contributed by atoms with Gasteiger partial charge in [-0.3, -0.25) is 0 Å². The van der Waals surface area contributed by atoms with Crippen LogP contribution in [0, 0.1) is 19.7 Å². The highest BCUT2D eigenvalue weighted by molar-refractivity contribution is 14.0. The van der Waals surface area contributed by atoms with Crippen molar-refractivity contribution in [2.45, 2.75) is 33.9 Å². The SMILES string of the molecule is CCNC(=NCc1cccc(F)c1)NCc1sc(C)nc1C.I. The Kier molecular flexibility index (Phi) is 8.46. The molecule has 0 aliphatic heterocycles. The number of benzene rings is 1. The number of halogens is 2. The molecule has 0 saturated heterocycles. The van der Waals surface area contributed by atoms with Crippen molar-refractivity contribution in [1.29, 1.82) is 0 Å². The molecule has 0 saturated carbocycles. The molecule has 0 aliphatic carbocycles. The Balaban J connectivity index is 0.00000264. The Morgan fingerprint density at radius 1 is 1.30 bits per heavy atom. The van der Waals surface area contributed by atoms with Crippen LogP contribution in [0.1, 0.15) is 28.1 Å². The molecule has 0 aliphatic rings. The first-order chi connectivity index (χ1) is 10.6. The number of aromatic nitrogens is 1. The van der Waals surface area contributed by atoms with Crippen molar-refractivity contribution in [3.05, 3.63) is 51.2 Å². The topological polar surface area (TPSA) is 49.3 Å². The van der Waals surface area contributed by atoms with E-state index in [0.717, 1.165) is 28.8 Å². The summed E-state index contributed by atoms with van der Waals surface area (Å²) >= 11 is 1.68. The van der Waals surface area contributed by atoms with Crippen molar-refractivity contribution in [3.8, 4) is 0 Å². The van der Waals surface area contributed by atoms with Gasteiger partial charge in [-0.2, -0.15) is 0 Å². The zero-order valence-electron chi connectivity index (χ0n) is 13.5. The Bertz CT molecular complexity index is 657. The van der Waals surface area contributed by atoms with Crippen LogP contribution in [0.4, 0.5) is 4.39 Å². The highest BCUT2D eigenvalue weighted by Crippen LogP contribution is 2.16. The van der Waals surface area contributed by atoms with Gasteiger partial charge in [-0.05, 0) is 38.5 Å². The molecule has 23 heavy (non-hydrogen) atoms. The van der Waals surface area contributed by atoms with Crippen LogP contribution in [-0.4, -0.2) is 17.5 Å². The van der Waals surface area contributed by atoms with Crippen LogP contribution in [0.5, 0.6) is 0 Å². The minimum atomic E-state index is -0.235. The molecule has 2 N–H and O–H groups in total. The maximum atomic E-state index is 13.2. The number of guanidine groups is 1. The summed E-state index contributed by atoms with van der Waals surface area (Å²) in [6.07, 6.45) is 0. The number of thiazole rings is 1. The summed E-state index contributed by atoms with van der Waals surface area (Å²) in [5.74, 6) is 0.485. The average Bonchev–Trinajstić information content (AvgIpc) is 2.80. The van der Waals surface area contributed by atoms with E-state index < -0.39 is 0 Å². The lowest BCUT2D eigenvalue weighted by Crippen LogP contribution is -2.36. The smallest absolute Gasteiger partial charge is 0.191 e. The van der Waals surface area contributed by atoms with E-state index in [2.05, 4.69) is 20.6 Å². The van der Waals surface area contributed by atoms with Crippen molar-refractivity contribution in [1.82, 2.24) is 15.6 Å². The second-order valence-electron chi connectivity index (χ2n) is 4.92. The molecular formula is C16H22FIN4S. The van der Waals surface area contributed by atoms with Crippen molar-refractivity contribution in [3.63, 3.8) is 0 Å². The fourth-order valence-corrected chi connectivity index (χ4v) is 2.93. The molecule has 4 nitrogen and oxygen atoms in total. The summed E-state index contributed by atoms with van der Waals surface area (Å²) in [7, 11) is 0. The summed E-state index contributed by atoms with van der Waals surface area (Å²) in [5.41, 5.74) is 1.90. The first-order valence-electron chi connectivity index (χ1n) is 7.28. The number of nitrogens with zero attached hydrogens (tertiary/aromatic N) is 2. The van der Waals surface area contributed by atoms with E-state index in [-0.39, 0.29) is 29.8 Å². The third kappa shape index (κ3) is 6.42. The minimum Gasteiger partial charge on any atom is -0.357 e. The van der Waals surface area contributed by atoms with Gasteiger partial charge in [0.05, 0.1) is 23.8 Å². The van der Waals surface area contributed by atoms with Crippen LogP contribution < -0.4 is 10.6 Å². The lowest BCUT2D eigenvalue weighted by atomic mass is 10.2. The van der Waals surface area contributed by atoms with Gasteiger partial charge < -0.3 is 10.6 Å². The lowest BCUT2D eigenvalue weighted by Gasteiger charge is -2.10. The van der Waals surface area contributed by atoms with Gasteiger partial charge in [0.1, 0.15) is 5.82 Å². The zero-order chi connectivity index (χ0) is 15.9. The Hall–Kier alpha value is -1.22. The summed E-state index contributed by atoms with van der Waals surface area (Å²) in [4.78, 5) is 10.1. The highest BCUT2D eigenvalue weighted by Gasteiger charge is 2.05. The molecule has 0 amide bonds. The molecule has 0 fully saturated rings.